The average Bonchev–Trinajstić information content (AvgIpc) is 2.29. The van der Waals surface area contributed by atoms with Crippen molar-refractivity contribution in [2.24, 2.45) is 0 Å². The number of benzene rings is 1. The summed E-state index contributed by atoms with van der Waals surface area (Å²) in [5, 5.41) is 0. The van der Waals surface area contributed by atoms with Gasteiger partial charge >= 0.3 is 0 Å². The van der Waals surface area contributed by atoms with E-state index in [9.17, 15) is 8.78 Å². The third-order valence-corrected chi connectivity index (χ3v) is 3.06. The second kappa shape index (κ2) is 4.41. The van der Waals surface area contributed by atoms with Crippen LogP contribution in [0.25, 0.3) is 11.1 Å². The van der Waals surface area contributed by atoms with Gasteiger partial charge in [-0.2, -0.15) is 0 Å². The zero-order valence-corrected chi connectivity index (χ0v) is 10.6. The predicted molar refractivity (Wildman–Crippen MR) is 66.4 cm³/mol. The maximum Gasteiger partial charge on any atom is 0.148 e. The highest BCUT2D eigenvalue weighted by Gasteiger charge is 2.15. The van der Waals surface area contributed by atoms with E-state index in [0.29, 0.717) is 16.9 Å². The third kappa shape index (κ3) is 2.15. The first-order valence-corrected chi connectivity index (χ1v) is 5.66. The van der Waals surface area contributed by atoms with E-state index in [1.54, 1.807) is 13.0 Å². The third-order valence-electron chi connectivity index (χ3n) is 2.45. The highest BCUT2D eigenvalue weighted by Crippen LogP contribution is 2.31. The fourth-order valence-corrected chi connectivity index (χ4v) is 1.84. The van der Waals surface area contributed by atoms with Gasteiger partial charge in [0.05, 0.1) is 10.0 Å². The monoisotopic (exact) mass is 298 g/mol. The molecule has 1 aromatic carbocycles. The van der Waals surface area contributed by atoms with E-state index in [0.717, 1.165) is 0 Å². The van der Waals surface area contributed by atoms with Crippen LogP contribution in [0.4, 0.5) is 14.6 Å². The summed E-state index contributed by atoms with van der Waals surface area (Å²) in [4.78, 5) is 3.90. The fourth-order valence-electron chi connectivity index (χ4n) is 1.51. The molecule has 0 saturated heterocycles. The van der Waals surface area contributed by atoms with Gasteiger partial charge in [0.1, 0.15) is 17.5 Å². The molecule has 2 N–H and O–H groups in total. The van der Waals surface area contributed by atoms with Crippen LogP contribution in [-0.2, 0) is 0 Å². The van der Waals surface area contributed by atoms with Gasteiger partial charge in [0.2, 0.25) is 0 Å². The Morgan fingerprint density at radius 3 is 2.65 bits per heavy atom. The minimum atomic E-state index is -0.643. The normalized spacial score (nSPS) is 10.6. The second-order valence-corrected chi connectivity index (χ2v) is 4.50. The number of hydrogen-bond acceptors (Lipinski definition) is 2. The molecular weight excluding hydrogens is 290 g/mol. The Bertz CT molecular complexity index is 585. The first-order chi connectivity index (χ1) is 8.00. The van der Waals surface area contributed by atoms with E-state index in [1.807, 2.05) is 0 Å². The molecule has 17 heavy (non-hydrogen) atoms. The Kier molecular flexibility index (Phi) is 3.11. The number of anilines is 1. The van der Waals surface area contributed by atoms with E-state index in [4.69, 9.17) is 5.73 Å². The molecule has 0 amide bonds. The molecule has 5 heteroatoms. The molecule has 1 aromatic heterocycles. The summed E-state index contributed by atoms with van der Waals surface area (Å²) in [6, 6.07) is 4.14. The predicted octanol–water partition coefficient (Wildman–Crippen LogP) is 3.68. The number of aromatic nitrogens is 1. The number of hydrogen-bond donors (Lipinski definition) is 1. The van der Waals surface area contributed by atoms with Gasteiger partial charge in [-0.05, 0) is 46.6 Å². The quantitative estimate of drug-likeness (QED) is 0.816. The van der Waals surface area contributed by atoms with Crippen LogP contribution in [0.2, 0.25) is 0 Å². The van der Waals surface area contributed by atoms with Crippen LogP contribution >= 0.6 is 15.9 Å². The zero-order chi connectivity index (χ0) is 12.6. The van der Waals surface area contributed by atoms with Crippen LogP contribution in [-0.4, -0.2) is 4.98 Å². The smallest absolute Gasteiger partial charge is 0.148 e. The Hall–Kier alpha value is -1.49. The Morgan fingerprint density at radius 1 is 1.29 bits per heavy atom. The van der Waals surface area contributed by atoms with Gasteiger partial charge in [0.15, 0.2) is 0 Å². The van der Waals surface area contributed by atoms with Gasteiger partial charge in [-0.25, -0.2) is 13.8 Å². The molecule has 0 aliphatic rings. The summed E-state index contributed by atoms with van der Waals surface area (Å²) < 4.78 is 27.7. The van der Waals surface area contributed by atoms with Crippen molar-refractivity contribution in [3.63, 3.8) is 0 Å². The maximum atomic E-state index is 13.8. The number of nitrogens with two attached hydrogens (primary N) is 1. The van der Waals surface area contributed by atoms with Gasteiger partial charge < -0.3 is 5.73 Å². The SMILES string of the molecule is Cc1cc(-c2c(F)ccc(Br)c2F)cnc1N. The number of pyridine rings is 1. The van der Waals surface area contributed by atoms with Crippen LogP contribution in [0, 0.1) is 18.6 Å². The molecule has 2 aromatic rings. The van der Waals surface area contributed by atoms with E-state index < -0.39 is 11.6 Å². The molecular formula is C12H9BrF2N2. The first kappa shape index (κ1) is 12.0. The molecule has 0 aliphatic heterocycles. The van der Waals surface area contributed by atoms with Crippen LogP contribution in [0.15, 0.2) is 28.9 Å². The van der Waals surface area contributed by atoms with Gasteiger partial charge in [-0.15, -0.1) is 0 Å². The Balaban J connectivity index is 2.68. The number of halogens is 3. The summed E-state index contributed by atoms with van der Waals surface area (Å²) in [7, 11) is 0. The standard InChI is InChI=1S/C12H9BrF2N2/c1-6-4-7(5-17-12(6)16)10-9(14)3-2-8(13)11(10)15/h2-5H,1H3,(H2,16,17). The van der Waals surface area contributed by atoms with Crippen LogP contribution in [0.5, 0.6) is 0 Å². The summed E-state index contributed by atoms with van der Waals surface area (Å²) in [6.45, 7) is 1.74. The molecule has 0 unspecified atom stereocenters. The molecule has 0 bridgehead atoms. The van der Waals surface area contributed by atoms with Crippen LogP contribution in [0.3, 0.4) is 0 Å². The van der Waals surface area contributed by atoms with Crippen molar-refractivity contribution >= 4 is 21.7 Å². The zero-order valence-electron chi connectivity index (χ0n) is 8.97. The largest absolute Gasteiger partial charge is 0.383 e. The molecule has 88 valence electrons. The summed E-state index contributed by atoms with van der Waals surface area (Å²) in [5.74, 6) is -0.919. The highest BCUT2D eigenvalue weighted by molar-refractivity contribution is 9.10. The molecule has 0 saturated carbocycles. The Labute approximate surface area is 106 Å². The van der Waals surface area contributed by atoms with E-state index in [1.165, 1.54) is 18.3 Å². The number of rotatable bonds is 1. The molecule has 2 rings (SSSR count). The van der Waals surface area contributed by atoms with E-state index in [-0.39, 0.29) is 10.0 Å². The summed E-state index contributed by atoms with van der Waals surface area (Å²) >= 11 is 3.02. The molecule has 2 nitrogen and oxygen atoms in total. The molecule has 0 radical (unpaired) electrons. The fraction of sp³-hybridized carbons (Fsp3) is 0.0833. The lowest BCUT2D eigenvalue weighted by Crippen LogP contribution is -1.97. The summed E-state index contributed by atoms with van der Waals surface area (Å²) in [6.07, 6.45) is 1.36. The van der Waals surface area contributed by atoms with Crippen molar-refractivity contribution in [1.82, 2.24) is 4.98 Å². The lowest BCUT2D eigenvalue weighted by atomic mass is 10.0. The Morgan fingerprint density at radius 2 is 2.00 bits per heavy atom. The second-order valence-electron chi connectivity index (χ2n) is 3.64. The summed E-state index contributed by atoms with van der Waals surface area (Å²) in [5.41, 5.74) is 6.51. The van der Waals surface area contributed by atoms with Gasteiger partial charge in [-0.1, -0.05) is 0 Å². The highest BCUT2D eigenvalue weighted by atomic mass is 79.9. The van der Waals surface area contributed by atoms with Crippen molar-refractivity contribution < 1.29 is 8.78 Å². The van der Waals surface area contributed by atoms with Crippen molar-refractivity contribution in [1.29, 1.82) is 0 Å². The minimum Gasteiger partial charge on any atom is -0.383 e. The van der Waals surface area contributed by atoms with Crippen molar-refractivity contribution in [3.05, 3.63) is 46.1 Å². The number of nitrogen functional groups attached to an aromatic ring is 1. The van der Waals surface area contributed by atoms with Crippen molar-refractivity contribution in [3.8, 4) is 11.1 Å². The van der Waals surface area contributed by atoms with E-state index >= 15 is 0 Å². The number of nitrogens with zero attached hydrogens (tertiary/aromatic N) is 1. The van der Waals surface area contributed by atoms with Gasteiger partial charge in [0.25, 0.3) is 0 Å². The molecule has 1 heterocycles. The minimum absolute atomic E-state index is 0.102. The van der Waals surface area contributed by atoms with Crippen LogP contribution in [0.1, 0.15) is 5.56 Å². The molecule has 0 aliphatic carbocycles. The van der Waals surface area contributed by atoms with E-state index in [2.05, 4.69) is 20.9 Å². The molecule has 0 fully saturated rings. The maximum absolute atomic E-state index is 13.8. The lowest BCUT2D eigenvalue weighted by molar-refractivity contribution is 0.585. The van der Waals surface area contributed by atoms with Gasteiger partial charge in [-0.3, -0.25) is 0 Å². The van der Waals surface area contributed by atoms with Crippen LogP contribution < -0.4 is 5.73 Å². The first-order valence-electron chi connectivity index (χ1n) is 4.86. The topological polar surface area (TPSA) is 38.9 Å². The van der Waals surface area contributed by atoms with Crippen molar-refractivity contribution in [2.75, 3.05) is 5.73 Å². The molecule has 0 spiro atoms. The molecule has 0 atom stereocenters. The van der Waals surface area contributed by atoms with Gasteiger partial charge in [0, 0.05) is 11.8 Å². The van der Waals surface area contributed by atoms with Crippen molar-refractivity contribution in [2.45, 2.75) is 6.92 Å². The average molecular weight is 299 g/mol. The lowest BCUT2D eigenvalue weighted by Gasteiger charge is -2.08. The number of aryl methyl sites for hydroxylation is 1.